The van der Waals surface area contributed by atoms with Crippen molar-refractivity contribution >= 4 is 33.5 Å². The maximum absolute atomic E-state index is 13.1. The minimum Gasteiger partial charge on any atom is -0.489 e. The molecule has 6 heteroatoms. The Morgan fingerprint density at radius 3 is 2.52 bits per heavy atom. The van der Waals surface area contributed by atoms with Crippen LogP contribution in [0.5, 0.6) is 5.75 Å². The molecule has 2 heterocycles. The van der Waals surface area contributed by atoms with Crippen LogP contribution in [0.25, 0.3) is 21.9 Å². The van der Waals surface area contributed by atoms with Crippen molar-refractivity contribution in [2.75, 3.05) is 5.32 Å². The van der Waals surface area contributed by atoms with Gasteiger partial charge in [-0.1, -0.05) is 36.4 Å². The number of carbonyl (C=O) groups excluding carboxylic acids is 1. The lowest BCUT2D eigenvalue weighted by Crippen LogP contribution is -2.14. The van der Waals surface area contributed by atoms with E-state index in [9.17, 15) is 9.59 Å². The van der Waals surface area contributed by atoms with E-state index in [1.807, 2.05) is 54.6 Å². The molecule has 0 unspecified atom stereocenters. The topological polar surface area (TPSA) is 81.7 Å². The highest BCUT2D eigenvalue weighted by Crippen LogP contribution is 2.28. The predicted octanol–water partition coefficient (Wildman–Crippen LogP) is 5.37. The summed E-state index contributed by atoms with van der Waals surface area (Å²) in [5, 5.41) is 4.38. The molecular weight excluding hydrogens is 394 g/mol. The molecule has 0 radical (unpaired) electrons. The van der Waals surface area contributed by atoms with Gasteiger partial charge in [0.15, 0.2) is 5.76 Å². The normalized spacial score (nSPS) is 11.0. The fraction of sp³-hybridized carbons (Fsp3) is 0.0400. The number of amides is 1. The molecule has 3 aromatic carbocycles. The zero-order valence-corrected chi connectivity index (χ0v) is 16.3. The zero-order valence-electron chi connectivity index (χ0n) is 16.3. The van der Waals surface area contributed by atoms with Gasteiger partial charge in [0.1, 0.15) is 23.5 Å². The van der Waals surface area contributed by atoms with E-state index in [0.29, 0.717) is 33.6 Å². The summed E-state index contributed by atoms with van der Waals surface area (Å²) in [6, 6.07) is 24.9. The third kappa shape index (κ3) is 3.79. The molecule has 0 saturated carbocycles. The number of nitrogens with one attached hydrogen (secondary N) is 1. The lowest BCUT2D eigenvalue weighted by Gasteiger charge is -2.08. The summed E-state index contributed by atoms with van der Waals surface area (Å²) in [6.07, 6.45) is 0. The van der Waals surface area contributed by atoms with Gasteiger partial charge in [0.25, 0.3) is 5.91 Å². The van der Waals surface area contributed by atoms with E-state index >= 15 is 0 Å². The minimum absolute atomic E-state index is 0.187. The highest BCUT2D eigenvalue weighted by molar-refractivity contribution is 6.07. The molecule has 31 heavy (non-hydrogen) atoms. The van der Waals surface area contributed by atoms with Crippen LogP contribution in [0, 0.1) is 0 Å². The number of carbonyl (C=O) groups is 1. The monoisotopic (exact) mass is 411 g/mol. The molecule has 0 bridgehead atoms. The van der Waals surface area contributed by atoms with Crippen molar-refractivity contribution < 1.29 is 18.4 Å². The third-order valence-electron chi connectivity index (χ3n) is 4.91. The quantitative estimate of drug-likeness (QED) is 0.393. The molecule has 152 valence electrons. The van der Waals surface area contributed by atoms with E-state index in [2.05, 4.69) is 5.32 Å². The lowest BCUT2D eigenvalue weighted by molar-refractivity contribution is 0.0995. The second-order valence-electron chi connectivity index (χ2n) is 6.97. The Labute approximate surface area is 176 Å². The zero-order chi connectivity index (χ0) is 21.2. The van der Waals surface area contributed by atoms with Gasteiger partial charge < -0.3 is 18.9 Å². The molecule has 1 amide bonds. The maximum atomic E-state index is 13.1. The number of para-hydroxylation sites is 2. The first-order valence-electron chi connectivity index (χ1n) is 9.71. The summed E-state index contributed by atoms with van der Waals surface area (Å²) in [4.78, 5) is 24.4. The first-order chi connectivity index (χ1) is 15.2. The van der Waals surface area contributed by atoms with Crippen LogP contribution >= 0.6 is 0 Å². The van der Waals surface area contributed by atoms with E-state index in [4.69, 9.17) is 13.6 Å². The van der Waals surface area contributed by atoms with Crippen LogP contribution in [-0.4, -0.2) is 5.91 Å². The molecule has 0 aliphatic rings. The molecule has 1 N–H and O–H groups in total. The maximum Gasteiger partial charge on any atom is 0.336 e. The molecule has 0 aliphatic heterocycles. The van der Waals surface area contributed by atoms with Crippen molar-refractivity contribution in [3.8, 4) is 5.75 Å². The minimum atomic E-state index is -0.422. The molecular formula is C25H17NO5. The molecule has 0 fully saturated rings. The van der Waals surface area contributed by atoms with Crippen LogP contribution in [0.1, 0.15) is 16.1 Å². The molecule has 6 nitrogen and oxygen atoms in total. The summed E-state index contributed by atoms with van der Waals surface area (Å²) in [5.74, 6) is 0.506. The number of benzene rings is 3. The van der Waals surface area contributed by atoms with E-state index in [0.717, 1.165) is 5.39 Å². The van der Waals surface area contributed by atoms with Gasteiger partial charge in [-0.15, -0.1) is 0 Å². The lowest BCUT2D eigenvalue weighted by atomic mass is 10.1. The van der Waals surface area contributed by atoms with E-state index < -0.39 is 5.63 Å². The second kappa shape index (κ2) is 7.84. The van der Waals surface area contributed by atoms with Crippen LogP contribution in [0.15, 0.2) is 98.6 Å². The van der Waals surface area contributed by atoms with Crippen molar-refractivity contribution in [3.05, 3.63) is 107 Å². The second-order valence-corrected chi connectivity index (χ2v) is 6.97. The van der Waals surface area contributed by atoms with Gasteiger partial charge in [0.05, 0.1) is 0 Å². The first-order valence-corrected chi connectivity index (χ1v) is 9.71. The summed E-state index contributed by atoms with van der Waals surface area (Å²) in [6.45, 7) is 0.187. The predicted molar refractivity (Wildman–Crippen MR) is 117 cm³/mol. The molecule has 0 aliphatic carbocycles. The van der Waals surface area contributed by atoms with Gasteiger partial charge in [-0.2, -0.15) is 0 Å². The van der Waals surface area contributed by atoms with Gasteiger partial charge in [-0.3, -0.25) is 4.79 Å². The largest absolute Gasteiger partial charge is 0.489 e. The summed E-state index contributed by atoms with van der Waals surface area (Å²) >= 11 is 0. The van der Waals surface area contributed by atoms with E-state index in [1.54, 1.807) is 24.3 Å². The fourth-order valence-corrected chi connectivity index (χ4v) is 3.44. The number of anilines is 1. The number of fused-ring (bicyclic) bond motifs is 2. The van der Waals surface area contributed by atoms with Gasteiger partial charge >= 0.3 is 5.63 Å². The molecule has 0 atom stereocenters. The highest BCUT2D eigenvalue weighted by Gasteiger charge is 2.21. The average molecular weight is 411 g/mol. The summed E-state index contributed by atoms with van der Waals surface area (Å²) in [7, 11) is 0. The van der Waals surface area contributed by atoms with Crippen LogP contribution in [0.4, 0.5) is 5.69 Å². The Morgan fingerprint density at radius 2 is 1.65 bits per heavy atom. The SMILES string of the molecule is O=C(Nc1ccc2oc(=O)ccc2c1)c1oc2ccccc2c1COc1ccccc1. The Hall–Kier alpha value is -4.32. The Morgan fingerprint density at radius 1 is 0.839 bits per heavy atom. The third-order valence-corrected chi connectivity index (χ3v) is 4.91. The Balaban J connectivity index is 1.46. The van der Waals surface area contributed by atoms with Gasteiger partial charge in [0, 0.05) is 28.1 Å². The van der Waals surface area contributed by atoms with E-state index in [1.165, 1.54) is 6.07 Å². The Bertz CT molecular complexity index is 1450. The highest BCUT2D eigenvalue weighted by atomic mass is 16.5. The standard InChI is InChI=1S/C25H17NO5/c27-23-13-10-16-14-17(11-12-21(16)30-23)26-25(28)24-20(15-29-18-6-2-1-3-7-18)19-8-4-5-9-22(19)31-24/h1-14H,15H2,(H,26,28). The van der Waals surface area contributed by atoms with Crippen molar-refractivity contribution in [1.82, 2.24) is 0 Å². The van der Waals surface area contributed by atoms with E-state index in [-0.39, 0.29) is 18.3 Å². The Kier molecular flexibility index (Phi) is 4.72. The van der Waals surface area contributed by atoms with Crippen molar-refractivity contribution in [3.63, 3.8) is 0 Å². The number of ether oxygens (including phenoxy) is 1. The van der Waals surface area contributed by atoms with Gasteiger partial charge in [-0.25, -0.2) is 4.79 Å². The summed E-state index contributed by atoms with van der Waals surface area (Å²) in [5.41, 5.74) is 1.87. The molecule has 2 aromatic heterocycles. The van der Waals surface area contributed by atoms with Gasteiger partial charge in [0.2, 0.25) is 0 Å². The van der Waals surface area contributed by atoms with Crippen LogP contribution in [0.3, 0.4) is 0 Å². The number of furan rings is 1. The number of rotatable bonds is 5. The summed E-state index contributed by atoms with van der Waals surface area (Å²) < 4.78 is 16.9. The first kappa shape index (κ1) is 18.7. The van der Waals surface area contributed by atoms with Crippen LogP contribution < -0.4 is 15.7 Å². The van der Waals surface area contributed by atoms with Crippen molar-refractivity contribution in [2.24, 2.45) is 0 Å². The smallest absolute Gasteiger partial charge is 0.336 e. The van der Waals surface area contributed by atoms with Gasteiger partial charge in [-0.05, 0) is 42.5 Å². The molecule has 0 spiro atoms. The fourth-order valence-electron chi connectivity index (χ4n) is 3.44. The average Bonchev–Trinajstić information content (AvgIpc) is 3.17. The van der Waals surface area contributed by atoms with Crippen LogP contribution in [-0.2, 0) is 6.61 Å². The van der Waals surface area contributed by atoms with Crippen molar-refractivity contribution in [2.45, 2.75) is 6.61 Å². The molecule has 5 aromatic rings. The number of hydrogen-bond donors (Lipinski definition) is 1. The molecule has 0 saturated heterocycles. The van der Waals surface area contributed by atoms with Crippen LogP contribution in [0.2, 0.25) is 0 Å². The number of hydrogen-bond acceptors (Lipinski definition) is 5. The molecule has 5 rings (SSSR count). The van der Waals surface area contributed by atoms with Crippen molar-refractivity contribution in [1.29, 1.82) is 0 Å².